The van der Waals surface area contributed by atoms with Gasteiger partial charge >= 0.3 is 0 Å². The molecule has 0 spiro atoms. The largest absolute Gasteiger partial charge is 0.395 e. The van der Waals surface area contributed by atoms with Gasteiger partial charge in [-0.1, -0.05) is 22.5 Å². The lowest BCUT2D eigenvalue weighted by Gasteiger charge is -2.24. The van der Waals surface area contributed by atoms with E-state index in [4.69, 9.17) is 5.11 Å². The Morgan fingerprint density at radius 3 is 2.93 bits per heavy atom. The Morgan fingerprint density at radius 2 is 2.43 bits per heavy atom. The highest BCUT2D eigenvalue weighted by Crippen LogP contribution is 2.09. The van der Waals surface area contributed by atoms with E-state index in [1.165, 1.54) is 12.8 Å². The zero-order valence-electron chi connectivity index (χ0n) is 8.51. The molecule has 1 saturated heterocycles. The lowest BCUT2D eigenvalue weighted by atomic mass is 10.2. The van der Waals surface area contributed by atoms with Crippen LogP contribution in [-0.2, 0) is 0 Å². The van der Waals surface area contributed by atoms with Crippen LogP contribution in [-0.4, -0.2) is 48.8 Å². The molecule has 1 aliphatic rings. The maximum atomic E-state index is 8.92. The maximum Gasteiger partial charge on any atom is 0.0558 e. The van der Waals surface area contributed by atoms with Crippen molar-refractivity contribution in [2.45, 2.75) is 18.9 Å². The van der Waals surface area contributed by atoms with Crippen LogP contribution in [0.1, 0.15) is 12.8 Å². The van der Waals surface area contributed by atoms with E-state index in [9.17, 15) is 0 Å². The first-order chi connectivity index (χ1) is 6.72. The van der Waals surface area contributed by atoms with E-state index in [1.807, 2.05) is 0 Å². The summed E-state index contributed by atoms with van der Waals surface area (Å²) in [6.07, 6.45) is 2.52. The van der Waals surface area contributed by atoms with E-state index < -0.39 is 0 Å². The highest BCUT2D eigenvalue weighted by molar-refractivity contribution is 9.11. The van der Waals surface area contributed by atoms with E-state index in [0.29, 0.717) is 6.04 Å². The van der Waals surface area contributed by atoms with Crippen molar-refractivity contribution in [2.24, 2.45) is 0 Å². The van der Waals surface area contributed by atoms with Gasteiger partial charge in [0.1, 0.15) is 0 Å². The Morgan fingerprint density at radius 1 is 1.64 bits per heavy atom. The van der Waals surface area contributed by atoms with E-state index in [-0.39, 0.29) is 6.61 Å². The van der Waals surface area contributed by atoms with Gasteiger partial charge in [0.2, 0.25) is 0 Å². The van der Waals surface area contributed by atoms with Crippen molar-refractivity contribution in [3.63, 3.8) is 0 Å². The standard InChI is InChI=1S/C10H19BrN2O/c1-9(11)7-13(5-6-14)8-10-3-2-4-12-10/h10,12,14H,1-8H2. The van der Waals surface area contributed by atoms with E-state index in [0.717, 1.165) is 30.7 Å². The van der Waals surface area contributed by atoms with Crippen molar-refractivity contribution < 1.29 is 5.11 Å². The molecule has 2 N–H and O–H groups in total. The predicted molar refractivity (Wildman–Crippen MR) is 62.6 cm³/mol. The lowest BCUT2D eigenvalue weighted by Crippen LogP contribution is -2.39. The van der Waals surface area contributed by atoms with Crippen molar-refractivity contribution >= 4 is 15.9 Å². The third-order valence-corrected chi connectivity index (χ3v) is 2.70. The van der Waals surface area contributed by atoms with Crippen LogP contribution in [0.4, 0.5) is 0 Å². The smallest absolute Gasteiger partial charge is 0.0558 e. The van der Waals surface area contributed by atoms with Gasteiger partial charge in [-0.3, -0.25) is 4.90 Å². The Kier molecular flexibility index (Phi) is 5.70. The van der Waals surface area contributed by atoms with Crippen LogP contribution >= 0.6 is 15.9 Å². The van der Waals surface area contributed by atoms with Crippen LogP contribution in [0.25, 0.3) is 0 Å². The van der Waals surface area contributed by atoms with Gasteiger partial charge in [-0.05, 0) is 19.4 Å². The number of aliphatic hydroxyl groups excluding tert-OH is 1. The molecule has 1 atom stereocenters. The Labute approximate surface area is 94.3 Å². The summed E-state index contributed by atoms with van der Waals surface area (Å²) >= 11 is 3.36. The monoisotopic (exact) mass is 262 g/mol. The Hall–Kier alpha value is 0.1000. The highest BCUT2D eigenvalue weighted by atomic mass is 79.9. The minimum Gasteiger partial charge on any atom is -0.395 e. The van der Waals surface area contributed by atoms with E-state index in [2.05, 4.69) is 32.7 Å². The summed E-state index contributed by atoms with van der Waals surface area (Å²) in [5, 5.41) is 12.4. The van der Waals surface area contributed by atoms with Crippen LogP contribution in [0, 0.1) is 0 Å². The predicted octanol–water partition coefficient (Wildman–Crippen LogP) is 0.941. The van der Waals surface area contributed by atoms with Crippen molar-refractivity contribution in [3.8, 4) is 0 Å². The molecule has 0 radical (unpaired) electrons. The zero-order chi connectivity index (χ0) is 10.4. The van der Waals surface area contributed by atoms with Gasteiger partial charge in [0, 0.05) is 30.2 Å². The fraction of sp³-hybridized carbons (Fsp3) is 0.800. The first-order valence-electron chi connectivity index (χ1n) is 5.12. The second-order valence-electron chi connectivity index (χ2n) is 3.77. The van der Waals surface area contributed by atoms with Crippen LogP contribution in [0.5, 0.6) is 0 Å². The molecule has 0 aromatic carbocycles. The molecule has 0 aromatic rings. The van der Waals surface area contributed by atoms with Gasteiger partial charge in [-0.15, -0.1) is 0 Å². The third-order valence-electron chi connectivity index (χ3n) is 2.45. The summed E-state index contributed by atoms with van der Waals surface area (Å²) in [4.78, 5) is 2.22. The number of hydrogen-bond donors (Lipinski definition) is 2. The summed E-state index contributed by atoms with van der Waals surface area (Å²) in [7, 11) is 0. The molecule has 0 saturated carbocycles. The molecule has 1 unspecified atom stereocenters. The number of hydrogen-bond acceptors (Lipinski definition) is 3. The minimum absolute atomic E-state index is 0.215. The molecule has 14 heavy (non-hydrogen) atoms. The van der Waals surface area contributed by atoms with Crippen molar-refractivity contribution in [3.05, 3.63) is 11.1 Å². The lowest BCUT2D eigenvalue weighted by molar-refractivity contribution is 0.197. The molecule has 1 heterocycles. The maximum absolute atomic E-state index is 8.92. The normalized spacial score (nSPS) is 21.8. The van der Waals surface area contributed by atoms with Gasteiger partial charge in [0.15, 0.2) is 0 Å². The summed E-state index contributed by atoms with van der Waals surface area (Å²) in [6.45, 7) is 7.72. The van der Waals surface area contributed by atoms with E-state index in [1.54, 1.807) is 0 Å². The molecule has 82 valence electrons. The second kappa shape index (κ2) is 6.56. The topological polar surface area (TPSA) is 35.5 Å². The molecule has 1 fully saturated rings. The molecule has 3 nitrogen and oxygen atoms in total. The number of rotatable bonds is 6. The SMILES string of the molecule is C=C(Br)CN(CCO)CC1CCCN1. The molecular formula is C10H19BrN2O. The molecule has 0 amide bonds. The van der Waals surface area contributed by atoms with Crippen molar-refractivity contribution in [1.82, 2.24) is 10.2 Å². The number of aliphatic hydroxyl groups is 1. The first-order valence-corrected chi connectivity index (χ1v) is 5.91. The number of nitrogens with zero attached hydrogens (tertiary/aromatic N) is 1. The molecule has 1 rings (SSSR count). The van der Waals surface area contributed by atoms with Crippen LogP contribution in [0.3, 0.4) is 0 Å². The molecule has 0 aromatic heterocycles. The highest BCUT2D eigenvalue weighted by Gasteiger charge is 2.17. The van der Waals surface area contributed by atoms with Gasteiger partial charge in [0.25, 0.3) is 0 Å². The second-order valence-corrected chi connectivity index (χ2v) is 4.89. The zero-order valence-corrected chi connectivity index (χ0v) is 10.1. The summed E-state index contributed by atoms with van der Waals surface area (Å²) < 4.78 is 0.976. The molecular weight excluding hydrogens is 244 g/mol. The average molecular weight is 263 g/mol. The molecule has 0 bridgehead atoms. The average Bonchev–Trinajstić information content (AvgIpc) is 2.56. The Bertz CT molecular complexity index is 181. The Balaban J connectivity index is 2.29. The van der Waals surface area contributed by atoms with Crippen LogP contribution in [0.2, 0.25) is 0 Å². The van der Waals surface area contributed by atoms with Gasteiger partial charge in [-0.25, -0.2) is 0 Å². The third kappa shape index (κ3) is 4.55. The fourth-order valence-corrected chi connectivity index (χ4v) is 2.20. The molecule has 1 aliphatic heterocycles. The first kappa shape index (κ1) is 12.2. The van der Waals surface area contributed by atoms with Crippen molar-refractivity contribution in [2.75, 3.05) is 32.8 Å². The summed E-state index contributed by atoms with van der Waals surface area (Å²) in [5.41, 5.74) is 0. The van der Waals surface area contributed by atoms with Crippen molar-refractivity contribution in [1.29, 1.82) is 0 Å². The van der Waals surface area contributed by atoms with Gasteiger partial charge in [-0.2, -0.15) is 0 Å². The quantitative estimate of drug-likeness (QED) is 0.748. The minimum atomic E-state index is 0.215. The summed E-state index contributed by atoms with van der Waals surface area (Å²) in [5.74, 6) is 0. The summed E-state index contributed by atoms with van der Waals surface area (Å²) in [6, 6.07) is 0.591. The van der Waals surface area contributed by atoms with Crippen LogP contribution < -0.4 is 5.32 Å². The van der Waals surface area contributed by atoms with Gasteiger partial charge < -0.3 is 10.4 Å². The molecule has 4 heteroatoms. The number of nitrogens with one attached hydrogen (secondary N) is 1. The van der Waals surface area contributed by atoms with E-state index >= 15 is 0 Å². The fourth-order valence-electron chi connectivity index (χ4n) is 1.84. The van der Waals surface area contributed by atoms with Gasteiger partial charge in [0.05, 0.1) is 6.61 Å². The number of halogens is 1. The molecule has 0 aliphatic carbocycles. The van der Waals surface area contributed by atoms with Crippen LogP contribution in [0.15, 0.2) is 11.1 Å².